The molecule has 0 radical (unpaired) electrons. The van der Waals surface area contributed by atoms with Crippen LogP contribution in [0.15, 0.2) is 91.0 Å². The van der Waals surface area contributed by atoms with Crippen LogP contribution in [0.2, 0.25) is 0 Å². The van der Waals surface area contributed by atoms with Gasteiger partial charge in [-0.25, -0.2) is 4.39 Å². The van der Waals surface area contributed by atoms with E-state index in [1.165, 1.54) is 28.8 Å². The summed E-state index contributed by atoms with van der Waals surface area (Å²) in [5.74, 6) is -1.18. The van der Waals surface area contributed by atoms with E-state index in [0.29, 0.717) is 30.8 Å². The van der Waals surface area contributed by atoms with E-state index >= 15 is 0 Å². The van der Waals surface area contributed by atoms with Crippen molar-refractivity contribution in [3.8, 4) is 11.5 Å². The molecule has 0 aromatic heterocycles. The molecule has 45 heavy (non-hydrogen) atoms. The zero-order valence-corrected chi connectivity index (χ0v) is 27.0. The van der Waals surface area contributed by atoms with Crippen molar-refractivity contribution >= 4 is 5.91 Å². The van der Waals surface area contributed by atoms with Crippen molar-refractivity contribution in [1.29, 1.82) is 0 Å². The summed E-state index contributed by atoms with van der Waals surface area (Å²) in [6.07, 6.45) is 4.46. The second-order valence-electron chi connectivity index (χ2n) is 12.4. The summed E-state index contributed by atoms with van der Waals surface area (Å²) in [4.78, 5) is 14.8. The fraction of sp³-hybridized carbons (Fsp3) is 0.359. The van der Waals surface area contributed by atoms with Gasteiger partial charge < -0.3 is 15.5 Å². The van der Waals surface area contributed by atoms with Crippen molar-refractivity contribution in [2.24, 2.45) is 0 Å². The molecule has 6 heteroatoms. The van der Waals surface area contributed by atoms with Crippen LogP contribution in [-0.2, 0) is 19.3 Å². The molecular formula is C39H47FN2O3. The van der Waals surface area contributed by atoms with Gasteiger partial charge >= 0.3 is 0 Å². The third-order valence-electron chi connectivity index (χ3n) is 8.53. The molecule has 4 aromatic rings. The lowest BCUT2D eigenvalue weighted by atomic mass is 9.86. The predicted octanol–water partition coefficient (Wildman–Crippen LogP) is 8.03. The highest BCUT2D eigenvalue weighted by atomic mass is 19.1. The molecule has 0 heterocycles. The molecule has 3 N–H and O–H groups in total. The van der Waals surface area contributed by atoms with Crippen molar-refractivity contribution < 1.29 is 19.4 Å². The maximum Gasteiger partial charge on any atom is 0.251 e. The standard InChI is InChI=1S/C39H47FN2O3/c1-27(2)42(28(3)4)24-22-34(32-11-6-5-7-12-32)35-25-31(17-19-37(35)43)10-8-9-29-13-15-30(16-14-29)21-23-41-39(45)33-18-20-38(44)36(40)26-33/h5-7,11-20,25-28,34,43-44H,8-10,21-24H2,1-4H3,(H,41,45)/t34-/m1/s1. The number of carbonyl (C=O) groups is 1. The minimum absolute atomic E-state index is 0.116. The Morgan fingerprint density at radius 2 is 1.36 bits per heavy atom. The average Bonchev–Trinajstić information content (AvgIpc) is 3.02. The number of nitrogens with one attached hydrogen (secondary N) is 1. The van der Waals surface area contributed by atoms with Crippen LogP contribution < -0.4 is 5.32 Å². The highest BCUT2D eigenvalue weighted by Crippen LogP contribution is 2.35. The van der Waals surface area contributed by atoms with E-state index in [-0.39, 0.29) is 17.4 Å². The smallest absolute Gasteiger partial charge is 0.251 e. The zero-order valence-electron chi connectivity index (χ0n) is 27.0. The number of hydrogen-bond donors (Lipinski definition) is 3. The van der Waals surface area contributed by atoms with Crippen LogP contribution in [-0.4, -0.2) is 46.2 Å². The first-order chi connectivity index (χ1) is 21.6. The quantitative estimate of drug-likeness (QED) is 0.127. The first-order valence-electron chi connectivity index (χ1n) is 16.1. The molecule has 5 nitrogen and oxygen atoms in total. The Morgan fingerprint density at radius 3 is 2.00 bits per heavy atom. The maximum absolute atomic E-state index is 13.5. The van der Waals surface area contributed by atoms with Crippen molar-refractivity contribution in [3.63, 3.8) is 0 Å². The van der Waals surface area contributed by atoms with E-state index in [4.69, 9.17) is 0 Å². The number of aryl methyl sites for hydroxylation is 2. The molecule has 0 unspecified atom stereocenters. The second-order valence-corrected chi connectivity index (χ2v) is 12.4. The summed E-state index contributed by atoms with van der Waals surface area (Å²) < 4.78 is 13.5. The van der Waals surface area contributed by atoms with Crippen molar-refractivity contribution in [1.82, 2.24) is 10.2 Å². The fourth-order valence-electron chi connectivity index (χ4n) is 6.06. The number of amides is 1. The average molecular weight is 611 g/mol. The van der Waals surface area contributed by atoms with Crippen LogP contribution in [0.5, 0.6) is 11.5 Å². The molecule has 4 rings (SSSR count). The van der Waals surface area contributed by atoms with E-state index in [0.717, 1.165) is 49.4 Å². The highest BCUT2D eigenvalue weighted by molar-refractivity contribution is 5.94. The largest absolute Gasteiger partial charge is 0.508 e. The normalized spacial score (nSPS) is 12.2. The minimum Gasteiger partial charge on any atom is -0.508 e. The summed E-state index contributed by atoms with van der Waals surface area (Å²) in [6, 6.07) is 29.6. The molecule has 1 amide bonds. The third-order valence-corrected chi connectivity index (χ3v) is 8.53. The lowest BCUT2D eigenvalue weighted by molar-refractivity contribution is 0.0953. The van der Waals surface area contributed by atoms with Gasteiger partial charge in [0.25, 0.3) is 5.91 Å². The molecule has 0 bridgehead atoms. The molecule has 4 aromatic carbocycles. The minimum atomic E-state index is -0.810. The zero-order chi connectivity index (χ0) is 32.3. The SMILES string of the molecule is CC(C)N(CC[C@H](c1ccccc1)c1cc(CCCc2ccc(CCNC(=O)c3ccc(O)c(F)c3)cc2)ccc1O)C(C)C. The number of carbonyl (C=O) groups excluding carboxylic acids is 1. The number of hydrogen-bond acceptors (Lipinski definition) is 4. The number of aromatic hydroxyl groups is 2. The first kappa shape index (κ1) is 33.7. The van der Waals surface area contributed by atoms with Gasteiger partial charge in [-0.05, 0) is 113 Å². The molecule has 238 valence electrons. The Hall–Kier alpha value is -4.16. The van der Waals surface area contributed by atoms with E-state index in [1.54, 1.807) is 0 Å². The second kappa shape index (κ2) is 16.2. The van der Waals surface area contributed by atoms with E-state index in [9.17, 15) is 19.4 Å². The molecule has 0 aliphatic carbocycles. The van der Waals surface area contributed by atoms with Crippen LogP contribution in [0.1, 0.15) is 84.6 Å². The molecule has 0 aliphatic rings. The van der Waals surface area contributed by atoms with E-state index in [2.05, 4.69) is 92.5 Å². The summed E-state index contributed by atoms with van der Waals surface area (Å²) >= 11 is 0. The fourth-order valence-corrected chi connectivity index (χ4v) is 6.06. The summed E-state index contributed by atoms with van der Waals surface area (Å²) in [6.45, 7) is 10.4. The Balaban J connectivity index is 1.32. The molecule has 0 saturated heterocycles. The number of phenols is 2. The predicted molar refractivity (Wildman–Crippen MR) is 181 cm³/mol. The first-order valence-corrected chi connectivity index (χ1v) is 16.1. The third kappa shape index (κ3) is 9.66. The number of rotatable bonds is 15. The number of benzene rings is 4. The lowest BCUT2D eigenvalue weighted by Crippen LogP contribution is -2.38. The molecule has 0 spiro atoms. The number of phenolic OH excluding ortho intramolecular Hbond substituents is 2. The van der Waals surface area contributed by atoms with Crippen molar-refractivity contribution in [2.75, 3.05) is 13.1 Å². The van der Waals surface area contributed by atoms with Crippen LogP contribution in [0.3, 0.4) is 0 Å². The molecule has 0 saturated carbocycles. The Bertz CT molecular complexity index is 1510. The Morgan fingerprint density at radius 1 is 0.756 bits per heavy atom. The van der Waals surface area contributed by atoms with Gasteiger partial charge in [-0.1, -0.05) is 66.7 Å². The van der Waals surface area contributed by atoms with Crippen molar-refractivity contribution in [2.45, 2.75) is 77.8 Å². The van der Waals surface area contributed by atoms with E-state index < -0.39 is 11.6 Å². The van der Waals surface area contributed by atoms with Crippen LogP contribution in [0.4, 0.5) is 4.39 Å². The molecule has 0 fully saturated rings. The Labute approximate surface area is 267 Å². The lowest BCUT2D eigenvalue weighted by Gasteiger charge is -2.32. The number of nitrogens with zero attached hydrogens (tertiary/aromatic N) is 1. The summed E-state index contributed by atoms with van der Waals surface area (Å²) in [5, 5.41) is 23.1. The van der Waals surface area contributed by atoms with Gasteiger partial charge in [-0.15, -0.1) is 0 Å². The maximum atomic E-state index is 13.5. The van der Waals surface area contributed by atoms with Crippen LogP contribution >= 0.6 is 0 Å². The summed E-state index contributed by atoms with van der Waals surface area (Å²) in [7, 11) is 0. The van der Waals surface area contributed by atoms with Gasteiger partial charge in [0.1, 0.15) is 5.75 Å². The van der Waals surface area contributed by atoms with Gasteiger partial charge in [-0.3, -0.25) is 9.69 Å². The molecular weight excluding hydrogens is 563 g/mol. The Kier molecular flexibility index (Phi) is 12.2. The van der Waals surface area contributed by atoms with Gasteiger partial charge in [0.05, 0.1) is 0 Å². The van der Waals surface area contributed by atoms with E-state index in [1.807, 2.05) is 18.2 Å². The molecule has 0 aliphatic heterocycles. The van der Waals surface area contributed by atoms with Crippen LogP contribution in [0, 0.1) is 5.82 Å². The highest BCUT2D eigenvalue weighted by Gasteiger charge is 2.21. The van der Waals surface area contributed by atoms with Crippen molar-refractivity contribution in [3.05, 3.63) is 130 Å². The van der Waals surface area contributed by atoms with Gasteiger partial charge in [0.15, 0.2) is 11.6 Å². The van der Waals surface area contributed by atoms with Gasteiger partial charge in [0.2, 0.25) is 0 Å². The topological polar surface area (TPSA) is 72.8 Å². The van der Waals surface area contributed by atoms with Gasteiger partial charge in [0, 0.05) is 35.7 Å². The molecule has 1 atom stereocenters. The summed E-state index contributed by atoms with van der Waals surface area (Å²) in [5.41, 5.74) is 6.00. The number of halogens is 1. The van der Waals surface area contributed by atoms with Crippen LogP contribution in [0.25, 0.3) is 0 Å². The van der Waals surface area contributed by atoms with Gasteiger partial charge in [-0.2, -0.15) is 0 Å². The monoisotopic (exact) mass is 610 g/mol.